The minimum absolute atomic E-state index is 0.276. The maximum atomic E-state index is 12.1. The van der Waals surface area contributed by atoms with Gasteiger partial charge in [-0.15, -0.1) is 0 Å². The molecular formula is C17H12Cl2N2O2. The SMILES string of the molecule is COc1ccc(C=C2N=C(c3ccc(Cl)cc3Cl)NC2=O)cc1. The molecule has 0 bridgehead atoms. The molecule has 116 valence electrons. The highest BCUT2D eigenvalue weighted by atomic mass is 35.5. The molecule has 0 radical (unpaired) electrons. The number of amidine groups is 1. The number of amides is 1. The Hall–Kier alpha value is -2.30. The van der Waals surface area contributed by atoms with Gasteiger partial charge in [-0.25, -0.2) is 4.99 Å². The molecule has 23 heavy (non-hydrogen) atoms. The van der Waals surface area contributed by atoms with E-state index in [2.05, 4.69) is 10.3 Å². The van der Waals surface area contributed by atoms with Crippen molar-refractivity contribution in [1.82, 2.24) is 5.32 Å². The van der Waals surface area contributed by atoms with E-state index in [9.17, 15) is 4.79 Å². The van der Waals surface area contributed by atoms with Crippen LogP contribution in [0.3, 0.4) is 0 Å². The third-order valence-electron chi connectivity index (χ3n) is 3.30. The maximum Gasteiger partial charge on any atom is 0.275 e. The van der Waals surface area contributed by atoms with Gasteiger partial charge >= 0.3 is 0 Å². The van der Waals surface area contributed by atoms with Crippen molar-refractivity contribution < 1.29 is 9.53 Å². The molecule has 0 spiro atoms. The van der Waals surface area contributed by atoms with Crippen molar-refractivity contribution >= 4 is 41.0 Å². The van der Waals surface area contributed by atoms with Gasteiger partial charge in [0.05, 0.1) is 12.1 Å². The summed E-state index contributed by atoms with van der Waals surface area (Å²) in [6.45, 7) is 0. The summed E-state index contributed by atoms with van der Waals surface area (Å²) in [5.74, 6) is 0.887. The third kappa shape index (κ3) is 3.38. The predicted octanol–water partition coefficient (Wildman–Crippen LogP) is 3.92. The Bertz CT molecular complexity index is 827. The highest BCUT2D eigenvalue weighted by Gasteiger charge is 2.22. The molecule has 6 heteroatoms. The summed E-state index contributed by atoms with van der Waals surface area (Å²) in [5, 5.41) is 3.67. The van der Waals surface area contributed by atoms with Gasteiger partial charge in [0.15, 0.2) is 0 Å². The molecule has 2 aromatic rings. The molecule has 4 nitrogen and oxygen atoms in total. The third-order valence-corrected chi connectivity index (χ3v) is 3.85. The van der Waals surface area contributed by atoms with Crippen LogP contribution in [-0.4, -0.2) is 18.9 Å². The lowest BCUT2D eigenvalue weighted by molar-refractivity contribution is -0.115. The Morgan fingerprint density at radius 1 is 1.13 bits per heavy atom. The zero-order valence-electron chi connectivity index (χ0n) is 12.1. The minimum atomic E-state index is -0.276. The van der Waals surface area contributed by atoms with Crippen molar-refractivity contribution in [1.29, 1.82) is 0 Å². The second kappa shape index (κ2) is 6.44. The first-order chi connectivity index (χ1) is 11.1. The fourth-order valence-electron chi connectivity index (χ4n) is 2.14. The van der Waals surface area contributed by atoms with Crippen LogP contribution in [0.4, 0.5) is 0 Å². The Labute approximate surface area is 143 Å². The normalized spacial score (nSPS) is 15.5. The van der Waals surface area contributed by atoms with Crippen molar-refractivity contribution in [3.63, 3.8) is 0 Å². The largest absolute Gasteiger partial charge is 0.497 e. The topological polar surface area (TPSA) is 50.7 Å². The van der Waals surface area contributed by atoms with Crippen LogP contribution in [0.1, 0.15) is 11.1 Å². The molecule has 0 aromatic heterocycles. The summed E-state index contributed by atoms with van der Waals surface area (Å²) in [6.07, 6.45) is 1.70. The van der Waals surface area contributed by atoms with Crippen molar-refractivity contribution in [3.8, 4) is 5.75 Å². The molecule has 2 aromatic carbocycles. The van der Waals surface area contributed by atoms with Crippen LogP contribution in [0, 0.1) is 0 Å². The van der Waals surface area contributed by atoms with Gasteiger partial charge in [-0.2, -0.15) is 0 Å². The highest BCUT2D eigenvalue weighted by molar-refractivity contribution is 6.37. The molecule has 0 aliphatic carbocycles. The monoisotopic (exact) mass is 346 g/mol. The van der Waals surface area contributed by atoms with Crippen molar-refractivity contribution in [3.05, 3.63) is 69.3 Å². The van der Waals surface area contributed by atoms with Crippen molar-refractivity contribution in [2.45, 2.75) is 0 Å². The molecule has 1 aliphatic heterocycles. The average molecular weight is 347 g/mol. The quantitative estimate of drug-likeness (QED) is 0.856. The van der Waals surface area contributed by atoms with Gasteiger partial charge in [0.25, 0.3) is 5.91 Å². The lowest BCUT2D eigenvalue weighted by Crippen LogP contribution is -2.24. The number of hydrogen-bond acceptors (Lipinski definition) is 3. The molecule has 0 saturated heterocycles. The van der Waals surface area contributed by atoms with Gasteiger partial charge in [-0.05, 0) is 42.0 Å². The number of ether oxygens (including phenoxy) is 1. The minimum Gasteiger partial charge on any atom is -0.497 e. The van der Waals surface area contributed by atoms with Crippen LogP contribution in [-0.2, 0) is 4.79 Å². The molecule has 1 heterocycles. The lowest BCUT2D eigenvalue weighted by Gasteiger charge is -2.03. The van der Waals surface area contributed by atoms with Gasteiger partial charge < -0.3 is 10.1 Å². The first kappa shape index (κ1) is 15.6. The van der Waals surface area contributed by atoms with E-state index in [-0.39, 0.29) is 5.91 Å². The van der Waals surface area contributed by atoms with E-state index in [1.165, 1.54) is 0 Å². The summed E-state index contributed by atoms with van der Waals surface area (Å²) < 4.78 is 5.11. The zero-order chi connectivity index (χ0) is 16.4. The number of aliphatic imine (C=N–C) groups is 1. The molecule has 1 aliphatic rings. The average Bonchev–Trinajstić information content (AvgIpc) is 2.88. The van der Waals surface area contributed by atoms with Crippen LogP contribution in [0.2, 0.25) is 10.0 Å². The van der Waals surface area contributed by atoms with Gasteiger partial charge in [0.1, 0.15) is 17.3 Å². The first-order valence-corrected chi connectivity index (χ1v) is 7.53. The fourth-order valence-corrected chi connectivity index (χ4v) is 2.63. The molecule has 1 amide bonds. The van der Waals surface area contributed by atoms with Crippen molar-refractivity contribution in [2.24, 2.45) is 4.99 Å². The smallest absolute Gasteiger partial charge is 0.275 e. The van der Waals surface area contributed by atoms with Crippen LogP contribution in [0.25, 0.3) is 6.08 Å². The van der Waals surface area contributed by atoms with E-state index >= 15 is 0 Å². The van der Waals surface area contributed by atoms with Crippen LogP contribution < -0.4 is 10.1 Å². The van der Waals surface area contributed by atoms with Crippen LogP contribution in [0.5, 0.6) is 5.75 Å². The maximum absolute atomic E-state index is 12.1. The van der Waals surface area contributed by atoms with E-state index in [1.54, 1.807) is 31.4 Å². The number of methoxy groups -OCH3 is 1. The first-order valence-electron chi connectivity index (χ1n) is 6.78. The molecule has 0 unspecified atom stereocenters. The number of rotatable bonds is 3. The molecule has 0 fully saturated rings. The fraction of sp³-hybridized carbons (Fsp3) is 0.0588. The number of benzene rings is 2. The zero-order valence-corrected chi connectivity index (χ0v) is 13.7. The molecule has 1 N–H and O–H groups in total. The second-order valence-corrected chi connectivity index (χ2v) is 5.69. The molecule has 0 saturated carbocycles. The van der Waals surface area contributed by atoms with Gasteiger partial charge in [0.2, 0.25) is 0 Å². The summed E-state index contributed by atoms with van der Waals surface area (Å²) in [5.41, 5.74) is 1.79. The van der Waals surface area contributed by atoms with E-state index in [0.717, 1.165) is 11.3 Å². The summed E-state index contributed by atoms with van der Waals surface area (Å²) in [6, 6.07) is 12.4. The summed E-state index contributed by atoms with van der Waals surface area (Å²) in [4.78, 5) is 16.4. The van der Waals surface area contributed by atoms with Gasteiger partial charge in [0, 0.05) is 10.6 Å². The molecular weight excluding hydrogens is 335 g/mol. The van der Waals surface area contributed by atoms with Crippen LogP contribution in [0.15, 0.2) is 53.2 Å². The van der Waals surface area contributed by atoms with Gasteiger partial charge in [-0.3, -0.25) is 4.79 Å². The molecule has 0 atom stereocenters. The number of nitrogens with one attached hydrogen (secondary N) is 1. The number of nitrogens with zero attached hydrogens (tertiary/aromatic N) is 1. The number of carbonyl (C=O) groups is 1. The standard InChI is InChI=1S/C17H12Cl2N2O2/c1-23-12-5-2-10(3-6-12)8-15-17(22)21-16(20-15)13-7-4-11(18)9-14(13)19/h2-9H,1H3,(H,20,21,22). The summed E-state index contributed by atoms with van der Waals surface area (Å²) in [7, 11) is 1.60. The second-order valence-electron chi connectivity index (χ2n) is 4.84. The summed E-state index contributed by atoms with van der Waals surface area (Å²) >= 11 is 12.0. The Morgan fingerprint density at radius 3 is 2.52 bits per heavy atom. The van der Waals surface area contributed by atoms with Gasteiger partial charge in [-0.1, -0.05) is 35.3 Å². The molecule has 3 rings (SSSR count). The Balaban J connectivity index is 1.92. The van der Waals surface area contributed by atoms with E-state index in [4.69, 9.17) is 27.9 Å². The Morgan fingerprint density at radius 2 is 1.87 bits per heavy atom. The number of hydrogen-bond donors (Lipinski definition) is 1. The van der Waals surface area contributed by atoms with E-state index in [1.807, 2.05) is 24.3 Å². The predicted molar refractivity (Wildman–Crippen MR) is 92.1 cm³/mol. The highest BCUT2D eigenvalue weighted by Crippen LogP contribution is 2.24. The number of carbonyl (C=O) groups excluding carboxylic acids is 1. The van der Waals surface area contributed by atoms with E-state index < -0.39 is 0 Å². The van der Waals surface area contributed by atoms with Crippen molar-refractivity contribution in [2.75, 3.05) is 7.11 Å². The lowest BCUT2D eigenvalue weighted by atomic mass is 10.2. The number of halogens is 2. The van der Waals surface area contributed by atoms with Crippen LogP contribution >= 0.6 is 23.2 Å². The Kier molecular flexibility index (Phi) is 4.37. The van der Waals surface area contributed by atoms with E-state index in [0.29, 0.717) is 27.1 Å².